The number of hydrogen-bond acceptors (Lipinski definition) is 7. The summed E-state index contributed by atoms with van der Waals surface area (Å²) in [4.78, 5) is 29.5. The lowest BCUT2D eigenvalue weighted by atomic mass is 9.92. The topological polar surface area (TPSA) is 100 Å². The Morgan fingerprint density at radius 1 is 1.22 bits per heavy atom. The Morgan fingerprint density at radius 2 is 1.97 bits per heavy atom. The van der Waals surface area contributed by atoms with Crippen LogP contribution >= 0.6 is 0 Å². The van der Waals surface area contributed by atoms with Crippen LogP contribution in [-0.2, 0) is 0 Å². The zero-order valence-electron chi connectivity index (χ0n) is 20.2. The number of terminal acetylenes is 1. The third-order valence-corrected chi connectivity index (χ3v) is 7.59. The number of amides is 1. The fourth-order valence-corrected chi connectivity index (χ4v) is 5.05. The van der Waals surface area contributed by atoms with Gasteiger partial charge in [0.25, 0.3) is 5.91 Å². The number of piperidine rings is 1. The van der Waals surface area contributed by atoms with Crippen LogP contribution in [0.4, 0.5) is 14.6 Å². The van der Waals surface area contributed by atoms with Gasteiger partial charge in [0.1, 0.15) is 18.1 Å². The second-order valence-corrected chi connectivity index (χ2v) is 10.1. The minimum Gasteiger partial charge on any atom is -0.462 e. The van der Waals surface area contributed by atoms with Crippen LogP contribution in [0.2, 0.25) is 0 Å². The van der Waals surface area contributed by atoms with Crippen molar-refractivity contribution in [3.8, 4) is 18.4 Å². The van der Waals surface area contributed by atoms with Crippen LogP contribution in [0.15, 0.2) is 24.4 Å². The number of anilines is 1. The van der Waals surface area contributed by atoms with Gasteiger partial charge < -0.3 is 14.5 Å². The molecule has 1 saturated carbocycles. The number of likely N-dealkylation sites (tertiary alicyclic amines) is 1. The molecule has 0 unspecified atom stereocenters. The van der Waals surface area contributed by atoms with Crippen molar-refractivity contribution in [3.63, 3.8) is 0 Å². The number of nitrogens with one attached hydrogen (secondary N) is 1. The Hall–Kier alpha value is -3.81. The molecule has 37 heavy (non-hydrogen) atoms. The summed E-state index contributed by atoms with van der Waals surface area (Å²) in [5, 5.41) is 8.53. The molecule has 192 valence electrons. The van der Waals surface area contributed by atoms with Gasteiger partial charge in [-0.1, -0.05) is 5.92 Å². The van der Waals surface area contributed by atoms with Gasteiger partial charge in [-0.15, -0.1) is 6.42 Å². The maximum atomic E-state index is 13.8. The first-order valence-corrected chi connectivity index (χ1v) is 12.6. The van der Waals surface area contributed by atoms with Crippen molar-refractivity contribution >= 4 is 22.8 Å². The number of hydrogen-bond donors (Lipinski definition) is 1. The van der Waals surface area contributed by atoms with Gasteiger partial charge in [-0.3, -0.25) is 9.89 Å². The lowest BCUT2D eigenvalue weighted by Gasteiger charge is -2.32. The predicted octanol–water partition coefficient (Wildman–Crippen LogP) is 3.06. The highest BCUT2D eigenvalue weighted by molar-refractivity contribution is 5.93. The van der Waals surface area contributed by atoms with Crippen molar-refractivity contribution in [2.45, 2.75) is 43.9 Å². The highest BCUT2D eigenvalue weighted by atomic mass is 19.2. The predicted molar refractivity (Wildman–Crippen MR) is 132 cm³/mol. The molecule has 3 aromatic heterocycles. The first kappa shape index (κ1) is 23.6. The standard InChI is InChI=1S/C26H27F2N7O2/c1-2-26(7-8-26)15-37-25-30-20(24(36)35-13-18(27)19(28)14-35)12-21(31-25)34-10-5-16(6-11-34)22-17-4-3-9-29-23(17)33-32-22/h1,3-4,9,12,16,18-19H,5-8,10-11,13-15H2,(H,29,32,33)/t18-,19-/m0/s1. The number of carbonyl (C=O) groups excluding carboxylic acids is 1. The molecule has 0 aromatic carbocycles. The molecule has 1 amide bonds. The summed E-state index contributed by atoms with van der Waals surface area (Å²) in [6.07, 6.45) is 7.37. The first-order valence-electron chi connectivity index (χ1n) is 12.6. The van der Waals surface area contributed by atoms with Crippen LogP contribution in [0, 0.1) is 17.8 Å². The van der Waals surface area contributed by atoms with Crippen molar-refractivity contribution < 1.29 is 18.3 Å². The van der Waals surface area contributed by atoms with Gasteiger partial charge in [0.15, 0.2) is 18.0 Å². The number of aromatic amines is 1. The SMILES string of the molecule is C#CC1(COc2nc(C(=O)N3C[C@H](F)[C@@H](F)C3)cc(N3CCC(c4n[nH]c5ncccc45)CC3)n2)CC1. The summed E-state index contributed by atoms with van der Waals surface area (Å²) in [6, 6.07) is 5.54. The van der Waals surface area contributed by atoms with Crippen molar-refractivity contribution in [2.75, 3.05) is 37.7 Å². The molecule has 0 spiro atoms. The van der Waals surface area contributed by atoms with Gasteiger partial charge in [0.05, 0.1) is 24.2 Å². The molecule has 3 aromatic rings. The number of H-pyrrole nitrogens is 1. The van der Waals surface area contributed by atoms with E-state index in [1.165, 1.54) is 0 Å². The highest BCUT2D eigenvalue weighted by Gasteiger charge is 2.42. The Morgan fingerprint density at radius 3 is 2.68 bits per heavy atom. The molecule has 2 saturated heterocycles. The lowest BCUT2D eigenvalue weighted by Crippen LogP contribution is -2.35. The van der Waals surface area contributed by atoms with E-state index in [0.717, 1.165) is 47.3 Å². The van der Waals surface area contributed by atoms with Crippen LogP contribution in [0.25, 0.3) is 11.0 Å². The monoisotopic (exact) mass is 507 g/mol. The molecule has 1 aliphatic carbocycles. The van der Waals surface area contributed by atoms with E-state index in [0.29, 0.717) is 18.9 Å². The second kappa shape index (κ2) is 9.25. The smallest absolute Gasteiger partial charge is 0.319 e. The summed E-state index contributed by atoms with van der Waals surface area (Å²) in [7, 11) is 0. The molecular formula is C26H27F2N7O2. The summed E-state index contributed by atoms with van der Waals surface area (Å²) in [6.45, 7) is 1.02. The van der Waals surface area contributed by atoms with Crippen LogP contribution in [0.1, 0.15) is 47.8 Å². The maximum Gasteiger partial charge on any atom is 0.319 e. The van der Waals surface area contributed by atoms with E-state index in [1.807, 2.05) is 12.1 Å². The summed E-state index contributed by atoms with van der Waals surface area (Å²) < 4.78 is 33.4. The van der Waals surface area contributed by atoms with E-state index in [2.05, 4.69) is 36.0 Å². The van der Waals surface area contributed by atoms with Gasteiger partial charge in [-0.05, 0) is 37.8 Å². The van der Waals surface area contributed by atoms with Crippen molar-refractivity contribution in [1.82, 2.24) is 30.0 Å². The molecule has 3 aliphatic rings. The van der Waals surface area contributed by atoms with E-state index < -0.39 is 18.3 Å². The Labute approximate surface area is 212 Å². The fraction of sp³-hybridized carbons (Fsp3) is 0.500. The quantitative estimate of drug-likeness (QED) is 0.512. The molecule has 1 N–H and O–H groups in total. The largest absolute Gasteiger partial charge is 0.462 e. The van der Waals surface area contributed by atoms with Crippen molar-refractivity contribution in [3.05, 3.63) is 35.8 Å². The maximum absolute atomic E-state index is 13.8. The van der Waals surface area contributed by atoms with E-state index in [1.54, 1.807) is 12.3 Å². The lowest BCUT2D eigenvalue weighted by molar-refractivity contribution is 0.0771. The molecule has 11 heteroatoms. The number of aromatic nitrogens is 5. The van der Waals surface area contributed by atoms with Crippen LogP contribution in [0.3, 0.4) is 0 Å². The van der Waals surface area contributed by atoms with Crippen molar-refractivity contribution in [2.24, 2.45) is 5.41 Å². The van der Waals surface area contributed by atoms with Crippen molar-refractivity contribution in [1.29, 1.82) is 0 Å². The second-order valence-electron chi connectivity index (χ2n) is 10.1. The highest BCUT2D eigenvalue weighted by Crippen LogP contribution is 2.45. The molecule has 2 aliphatic heterocycles. The summed E-state index contributed by atoms with van der Waals surface area (Å²) in [5.74, 6) is 3.01. The number of fused-ring (bicyclic) bond motifs is 1. The van der Waals surface area contributed by atoms with Crippen LogP contribution < -0.4 is 9.64 Å². The van der Waals surface area contributed by atoms with Gasteiger partial charge in [0, 0.05) is 36.7 Å². The van der Waals surface area contributed by atoms with Gasteiger partial charge in [0.2, 0.25) is 0 Å². The summed E-state index contributed by atoms with van der Waals surface area (Å²) in [5.41, 5.74) is 1.51. The Bertz CT molecular complexity index is 1350. The number of nitrogens with zero attached hydrogens (tertiary/aromatic N) is 6. The van der Waals surface area contributed by atoms with E-state index in [-0.39, 0.29) is 42.7 Å². The molecule has 3 fully saturated rings. The molecule has 5 heterocycles. The van der Waals surface area contributed by atoms with Gasteiger partial charge in [-0.25, -0.2) is 13.8 Å². The third kappa shape index (κ3) is 4.56. The normalized spacial score (nSPS) is 23.3. The Kier molecular flexibility index (Phi) is 5.89. The number of pyridine rings is 1. The third-order valence-electron chi connectivity index (χ3n) is 7.59. The average Bonchev–Trinajstić information content (AvgIpc) is 3.47. The number of carbonyl (C=O) groups is 1. The molecule has 9 nitrogen and oxygen atoms in total. The Balaban J connectivity index is 1.22. The molecule has 6 rings (SSSR count). The average molecular weight is 508 g/mol. The van der Waals surface area contributed by atoms with Gasteiger partial charge in [-0.2, -0.15) is 15.1 Å². The number of alkyl halides is 2. The first-order chi connectivity index (χ1) is 17.9. The number of rotatable bonds is 6. The van der Waals surface area contributed by atoms with Crippen LogP contribution in [-0.4, -0.2) is 81.1 Å². The number of halogens is 2. The number of ether oxygens (including phenoxy) is 1. The molecule has 2 atom stereocenters. The zero-order valence-corrected chi connectivity index (χ0v) is 20.2. The van der Waals surface area contributed by atoms with E-state index in [4.69, 9.17) is 11.2 Å². The van der Waals surface area contributed by atoms with Crippen LogP contribution in [0.5, 0.6) is 6.01 Å². The molecule has 0 bridgehead atoms. The van der Waals surface area contributed by atoms with E-state index in [9.17, 15) is 13.6 Å². The van der Waals surface area contributed by atoms with Gasteiger partial charge >= 0.3 is 6.01 Å². The minimum atomic E-state index is -1.70. The molecule has 0 radical (unpaired) electrons. The minimum absolute atomic E-state index is 0.0432. The molecular weight excluding hydrogens is 480 g/mol. The summed E-state index contributed by atoms with van der Waals surface area (Å²) >= 11 is 0. The fourth-order valence-electron chi connectivity index (χ4n) is 5.05. The zero-order chi connectivity index (χ0) is 25.6. The van der Waals surface area contributed by atoms with E-state index >= 15 is 0 Å².